The van der Waals surface area contributed by atoms with Gasteiger partial charge < -0.3 is 5.11 Å². The molecule has 0 bridgehead atoms. The van der Waals surface area contributed by atoms with Crippen molar-refractivity contribution in [3.8, 4) is 5.75 Å². The van der Waals surface area contributed by atoms with Crippen molar-refractivity contribution in [2.45, 2.75) is 12.6 Å². The molecular formula is C7H3F5N2O3. The molecule has 0 aliphatic carbocycles. The van der Waals surface area contributed by atoms with Crippen molar-refractivity contribution in [1.82, 2.24) is 4.98 Å². The third-order valence-electron chi connectivity index (χ3n) is 1.74. The number of pyridine rings is 1. The number of aromatic hydroxyl groups is 1. The van der Waals surface area contributed by atoms with Crippen LogP contribution in [-0.2, 0) is 6.18 Å². The van der Waals surface area contributed by atoms with Crippen molar-refractivity contribution >= 4 is 5.69 Å². The Hall–Kier alpha value is -2.00. The quantitative estimate of drug-likeness (QED) is 0.502. The summed E-state index contributed by atoms with van der Waals surface area (Å²) in [7, 11) is 0. The standard InChI is InChI=1S/C7H3F5N2O3/c8-6(9)3-2(15)1-13-5(7(10,11)12)4(3)14(16)17/h1,6,15H. The minimum absolute atomic E-state index is 0.0946. The fraction of sp³-hybridized carbons (Fsp3) is 0.286. The Morgan fingerprint density at radius 2 is 1.94 bits per heavy atom. The SMILES string of the molecule is O=[N+]([O-])c1c(C(F)(F)F)ncc(O)c1C(F)F. The zero-order chi connectivity index (χ0) is 13.4. The molecule has 5 nitrogen and oxygen atoms in total. The van der Waals surface area contributed by atoms with E-state index in [0.29, 0.717) is 0 Å². The molecule has 0 amide bonds. The summed E-state index contributed by atoms with van der Waals surface area (Å²) >= 11 is 0. The van der Waals surface area contributed by atoms with E-state index < -0.39 is 40.2 Å². The van der Waals surface area contributed by atoms with Crippen molar-refractivity contribution in [3.63, 3.8) is 0 Å². The van der Waals surface area contributed by atoms with E-state index in [1.54, 1.807) is 0 Å². The molecule has 1 N–H and O–H groups in total. The lowest BCUT2D eigenvalue weighted by atomic mass is 10.1. The molecule has 0 aliphatic rings. The normalized spacial score (nSPS) is 11.9. The Kier molecular flexibility index (Phi) is 3.16. The topological polar surface area (TPSA) is 76.3 Å². The minimum atomic E-state index is -5.26. The zero-order valence-corrected chi connectivity index (χ0v) is 7.70. The van der Waals surface area contributed by atoms with Crippen LogP contribution >= 0.6 is 0 Å². The third kappa shape index (κ3) is 2.40. The van der Waals surface area contributed by atoms with Crippen LogP contribution in [-0.4, -0.2) is 15.0 Å². The fourth-order valence-electron chi connectivity index (χ4n) is 1.11. The van der Waals surface area contributed by atoms with Gasteiger partial charge in [-0.05, 0) is 0 Å². The smallest absolute Gasteiger partial charge is 0.440 e. The van der Waals surface area contributed by atoms with Crippen LogP contribution in [0, 0.1) is 10.1 Å². The predicted octanol–water partition coefficient (Wildman–Crippen LogP) is 2.65. The molecule has 0 fully saturated rings. The van der Waals surface area contributed by atoms with E-state index in [0.717, 1.165) is 0 Å². The second-order valence-corrected chi connectivity index (χ2v) is 2.81. The maximum atomic E-state index is 12.4. The van der Waals surface area contributed by atoms with Crippen molar-refractivity contribution in [2.75, 3.05) is 0 Å². The van der Waals surface area contributed by atoms with Crippen LogP contribution < -0.4 is 0 Å². The molecule has 0 saturated heterocycles. The van der Waals surface area contributed by atoms with Crippen LogP contribution in [0.3, 0.4) is 0 Å². The van der Waals surface area contributed by atoms with Gasteiger partial charge in [0.25, 0.3) is 6.43 Å². The van der Waals surface area contributed by atoms with Gasteiger partial charge >= 0.3 is 11.9 Å². The average Bonchev–Trinajstić information content (AvgIpc) is 2.14. The van der Waals surface area contributed by atoms with Gasteiger partial charge in [-0.2, -0.15) is 13.2 Å². The molecule has 0 spiro atoms. The summed E-state index contributed by atoms with van der Waals surface area (Å²) in [6.07, 6.45) is -8.80. The first-order chi connectivity index (χ1) is 7.66. The van der Waals surface area contributed by atoms with Crippen molar-refractivity contribution in [1.29, 1.82) is 0 Å². The average molecular weight is 258 g/mol. The van der Waals surface area contributed by atoms with Gasteiger partial charge in [-0.3, -0.25) is 10.1 Å². The summed E-state index contributed by atoms with van der Waals surface area (Å²) < 4.78 is 61.6. The van der Waals surface area contributed by atoms with Crippen LogP contribution in [0.1, 0.15) is 17.7 Å². The van der Waals surface area contributed by atoms with E-state index in [1.165, 1.54) is 0 Å². The number of halogens is 5. The van der Waals surface area contributed by atoms with Crippen LogP contribution in [0.5, 0.6) is 5.75 Å². The molecular weight excluding hydrogens is 255 g/mol. The molecule has 10 heteroatoms. The number of hydrogen-bond acceptors (Lipinski definition) is 4. The number of aromatic nitrogens is 1. The fourth-order valence-corrected chi connectivity index (χ4v) is 1.11. The highest BCUT2D eigenvalue weighted by molar-refractivity contribution is 5.52. The lowest BCUT2D eigenvalue weighted by molar-refractivity contribution is -0.390. The summed E-state index contributed by atoms with van der Waals surface area (Å²) in [5.41, 5.74) is -5.71. The van der Waals surface area contributed by atoms with E-state index in [2.05, 4.69) is 4.98 Å². The number of nitro groups is 1. The number of rotatable bonds is 2. The summed E-state index contributed by atoms with van der Waals surface area (Å²) in [5.74, 6) is -1.36. The first-order valence-electron chi connectivity index (χ1n) is 3.87. The molecule has 0 aliphatic heterocycles. The van der Waals surface area contributed by atoms with Crippen LogP contribution in [0.2, 0.25) is 0 Å². The maximum absolute atomic E-state index is 12.4. The van der Waals surface area contributed by atoms with E-state index in [1.807, 2.05) is 0 Å². The maximum Gasteiger partial charge on any atom is 0.440 e. The Bertz CT molecular complexity index is 460. The van der Waals surface area contributed by atoms with Crippen molar-refractivity contribution in [2.24, 2.45) is 0 Å². The molecule has 1 heterocycles. The van der Waals surface area contributed by atoms with Gasteiger partial charge in [0.2, 0.25) is 5.69 Å². The van der Waals surface area contributed by atoms with Gasteiger partial charge in [0, 0.05) is 0 Å². The molecule has 0 atom stereocenters. The van der Waals surface area contributed by atoms with Crippen LogP contribution in [0.15, 0.2) is 6.20 Å². The number of alkyl halides is 5. The highest BCUT2D eigenvalue weighted by Gasteiger charge is 2.44. The zero-order valence-electron chi connectivity index (χ0n) is 7.70. The molecule has 1 rings (SSSR count). The lowest BCUT2D eigenvalue weighted by Crippen LogP contribution is -2.13. The molecule has 0 radical (unpaired) electrons. The van der Waals surface area contributed by atoms with E-state index >= 15 is 0 Å². The highest BCUT2D eigenvalue weighted by atomic mass is 19.4. The summed E-state index contributed by atoms with van der Waals surface area (Å²) in [5, 5.41) is 19.3. The third-order valence-corrected chi connectivity index (χ3v) is 1.74. The Morgan fingerprint density at radius 3 is 2.29 bits per heavy atom. The Morgan fingerprint density at radius 1 is 1.41 bits per heavy atom. The molecule has 0 unspecified atom stereocenters. The Balaban J connectivity index is 3.66. The highest BCUT2D eigenvalue weighted by Crippen LogP contribution is 2.42. The molecule has 94 valence electrons. The first kappa shape index (κ1) is 13.1. The second kappa shape index (κ2) is 4.11. The van der Waals surface area contributed by atoms with E-state index in [-0.39, 0.29) is 6.20 Å². The first-order valence-corrected chi connectivity index (χ1v) is 3.87. The molecule has 0 aromatic carbocycles. The van der Waals surface area contributed by atoms with Crippen molar-refractivity contribution in [3.05, 3.63) is 27.6 Å². The van der Waals surface area contributed by atoms with Crippen molar-refractivity contribution < 1.29 is 32.0 Å². The summed E-state index contributed by atoms with van der Waals surface area (Å²) in [6.45, 7) is 0. The van der Waals surface area contributed by atoms with Gasteiger partial charge in [-0.1, -0.05) is 0 Å². The van der Waals surface area contributed by atoms with E-state index in [9.17, 15) is 32.1 Å². The van der Waals surface area contributed by atoms with E-state index in [4.69, 9.17) is 5.11 Å². The minimum Gasteiger partial charge on any atom is -0.506 e. The lowest BCUT2D eigenvalue weighted by Gasteiger charge is -2.10. The molecule has 0 saturated carbocycles. The Labute approximate surface area is 89.7 Å². The predicted molar refractivity (Wildman–Crippen MR) is 42.5 cm³/mol. The van der Waals surface area contributed by atoms with Crippen LogP contribution in [0.25, 0.3) is 0 Å². The van der Waals surface area contributed by atoms with Gasteiger partial charge in [-0.25, -0.2) is 13.8 Å². The van der Waals surface area contributed by atoms with Gasteiger partial charge in [-0.15, -0.1) is 0 Å². The summed E-state index contributed by atoms with van der Waals surface area (Å²) in [6, 6.07) is 0. The summed E-state index contributed by atoms with van der Waals surface area (Å²) in [4.78, 5) is 11.3. The van der Waals surface area contributed by atoms with Gasteiger partial charge in [0.05, 0.1) is 11.1 Å². The largest absolute Gasteiger partial charge is 0.506 e. The van der Waals surface area contributed by atoms with Gasteiger partial charge in [0.15, 0.2) is 0 Å². The number of nitrogens with zero attached hydrogens (tertiary/aromatic N) is 2. The second-order valence-electron chi connectivity index (χ2n) is 2.81. The van der Waals surface area contributed by atoms with Crippen LogP contribution in [0.4, 0.5) is 27.6 Å². The molecule has 17 heavy (non-hydrogen) atoms. The molecule has 1 aromatic heterocycles. The number of hydrogen-bond donors (Lipinski definition) is 1. The van der Waals surface area contributed by atoms with Gasteiger partial charge in [0.1, 0.15) is 11.3 Å². The molecule has 1 aromatic rings. The monoisotopic (exact) mass is 258 g/mol.